The van der Waals surface area contributed by atoms with Gasteiger partial charge in [0.25, 0.3) is 5.91 Å². The lowest BCUT2D eigenvalue weighted by atomic mass is 9.94. The van der Waals surface area contributed by atoms with Gasteiger partial charge in [-0.25, -0.2) is 8.42 Å². The Morgan fingerprint density at radius 2 is 1.90 bits per heavy atom. The van der Waals surface area contributed by atoms with Crippen LogP contribution in [0.15, 0.2) is 29.2 Å². The molecule has 0 bridgehead atoms. The first kappa shape index (κ1) is 17.7. The highest BCUT2D eigenvalue weighted by Crippen LogP contribution is 2.20. The minimum Gasteiger partial charge on any atom is -0.396 e. The Labute approximate surface area is 126 Å². The molecule has 0 saturated heterocycles. The number of amides is 1. The van der Waals surface area contributed by atoms with Crippen LogP contribution < -0.4 is 5.32 Å². The SMILES string of the molecule is CCC(C)(CCO)NC(=O)c1ccccc1S(=O)(=O)CC. The lowest BCUT2D eigenvalue weighted by Gasteiger charge is -2.29. The van der Waals surface area contributed by atoms with Crippen LogP contribution in [0.4, 0.5) is 0 Å². The van der Waals surface area contributed by atoms with Gasteiger partial charge in [-0.3, -0.25) is 4.79 Å². The Bertz CT molecular complexity index is 597. The fourth-order valence-corrected chi connectivity index (χ4v) is 3.09. The van der Waals surface area contributed by atoms with E-state index >= 15 is 0 Å². The summed E-state index contributed by atoms with van der Waals surface area (Å²) in [6.45, 7) is 5.24. The van der Waals surface area contributed by atoms with Crippen LogP contribution in [0, 0.1) is 0 Å². The molecule has 1 aromatic rings. The molecular formula is C15H23NO4S. The van der Waals surface area contributed by atoms with Crippen LogP contribution in [0.2, 0.25) is 0 Å². The minimum absolute atomic E-state index is 0.0421. The molecule has 0 aliphatic rings. The average Bonchev–Trinajstić information content (AvgIpc) is 2.47. The molecule has 1 amide bonds. The molecule has 0 aliphatic heterocycles. The van der Waals surface area contributed by atoms with Gasteiger partial charge in [-0.1, -0.05) is 26.0 Å². The molecule has 0 spiro atoms. The van der Waals surface area contributed by atoms with Crippen molar-refractivity contribution in [1.29, 1.82) is 0 Å². The molecule has 1 unspecified atom stereocenters. The van der Waals surface area contributed by atoms with E-state index in [4.69, 9.17) is 5.11 Å². The van der Waals surface area contributed by atoms with Crippen LogP contribution >= 0.6 is 0 Å². The van der Waals surface area contributed by atoms with E-state index in [1.807, 2.05) is 13.8 Å². The molecule has 118 valence electrons. The Morgan fingerprint density at radius 1 is 1.29 bits per heavy atom. The van der Waals surface area contributed by atoms with Crippen molar-refractivity contribution in [2.75, 3.05) is 12.4 Å². The van der Waals surface area contributed by atoms with E-state index in [2.05, 4.69) is 5.32 Å². The van der Waals surface area contributed by atoms with Crippen LogP contribution in [0.5, 0.6) is 0 Å². The Kier molecular flexibility index (Phi) is 5.92. The predicted molar refractivity (Wildman–Crippen MR) is 82.0 cm³/mol. The zero-order valence-electron chi connectivity index (χ0n) is 12.7. The Balaban J connectivity index is 3.15. The van der Waals surface area contributed by atoms with E-state index in [0.717, 1.165) is 0 Å². The summed E-state index contributed by atoms with van der Waals surface area (Å²) in [6, 6.07) is 6.20. The number of aliphatic hydroxyl groups is 1. The fraction of sp³-hybridized carbons (Fsp3) is 0.533. The Morgan fingerprint density at radius 3 is 2.43 bits per heavy atom. The van der Waals surface area contributed by atoms with Gasteiger partial charge in [0.2, 0.25) is 0 Å². The fourth-order valence-electron chi connectivity index (χ4n) is 2.00. The molecule has 21 heavy (non-hydrogen) atoms. The molecular weight excluding hydrogens is 290 g/mol. The topological polar surface area (TPSA) is 83.5 Å². The summed E-state index contributed by atoms with van der Waals surface area (Å²) in [4.78, 5) is 12.5. The quantitative estimate of drug-likeness (QED) is 0.803. The summed E-state index contributed by atoms with van der Waals surface area (Å²) in [5.74, 6) is -0.487. The number of benzene rings is 1. The zero-order chi connectivity index (χ0) is 16.1. The molecule has 0 aromatic heterocycles. The van der Waals surface area contributed by atoms with Crippen LogP contribution in [-0.2, 0) is 9.84 Å². The monoisotopic (exact) mass is 313 g/mol. The molecule has 6 heteroatoms. The number of carbonyl (C=O) groups excluding carboxylic acids is 1. The van der Waals surface area contributed by atoms with E-state index in [1.165, 1.54) is 12.1 Å². The molecule has 0 aliphatic carbocycles. The maximum atomic E-state index is 12.4. The number of aliphatic hydroxyl groups excluding tert-OH is 1. The second-order valence-corrected chi connectivity index (χ2v) is 7.49. The maximum Gasteiger partial charge on any atom is 0.253 e. The first-order chi connectivity index (χ1) is 9.79. The third-order valence-electron chi connectivity index (χ3n) is 3.71. The van der Waals surface area contributed by atoms with E-state index < -0.39 is 21.3 Å². The van der Waals surface area contributed by atoms with Crippen molar-refractivity contribution in [2.24, 2.45) is 0 Å². The van der Waals surface area contributed by atoms with Crippen molar-refractivity contribution in [3.8, 4) is 0 Å². The Hall–Kier alpha value is -1.40. The molecule has 1 rings (SSSR count). The highest BCUT2D eigenvalue weighted by molar-refractivity contribution is 7.91. The normalized spacial score (nSPS) is 14.5. The summed E-state index contributed by atoms with van der Waals surface area (Å²) in [6.07, 6.45) is 1.06. The lowest BCUT2D eigenvalue weighted by Crippen LogP contribution is -2.46. The van der Waals surface area contributed by atoms with Crippen molar-refractivity contribution < 1.29 is 18.3 Å². The summed E-state index contributed by atoms with van der Waals surface area (Å²) in [5.41, 5.74) is -0.411. The number of hydrogen-bond donors (Lipinski definition) is 2. The third kappa shape index (κ3) is 4.28. The number of nitrogens with one attached hydrogen (secondary N) is 1. The van der Waals surface area contributed by atoms with Crippen molar-refractivity contribution in [3.63, 3.8) is 0 Å². The van der Waals surface area contributed by atoms with Crippen LogP contribution in [-0.4, -0.2) is 37.3 Å². The smallest absolute Gasteiger partial charge is 0.253 e. The third-order valence-corrected chi connectivity index (χ3v) is 5.49. The van der Waals surface area contributed by atoms with Gasteiger partial charge in [-0.05, 0) is 31.9 Å². The van der Waals surface area contributed by atoms with Gasteiger partial charge in [-0.15, -0.1) is 0 Å². The molecule has 1 atom stereocenters. The van der Waals surface area contributed by atoms with E-state index in [9.17, 15) is 13.2 Å². The van der Waals surface area contributed by atoms with Crippen LogP contribution in [0.3, 0.4) is 0 Å². The summed E-state index contributed by atoms with van der Waals surface area (Å²) in [5, 5.41) is 11.9. The molecule has 0 fully saturated rings. The lowest BCUT2D eigenvalue weighted by molar-refractivity contribution is 0.0882. The second kappa shape index (κ2) is 7.04. The summed E-state index contributed by atoms with van der Waals surface area (Å²) in [7, 11) is -3.46. The molecule has 1 aromatic carbocycles. The average molecular weight is 313 g/mol. The van der Waals surface area contributed by atoms with Gasteiger partial charge in [0, 0.05) is 12.1 Å². The van der Waals surface area contributed by atoms with Crippen LogP contribution in [0.1, 0.15) is 44.0 Å². The highest BCUT2D eigenvalue weighted by atomic mass is 32.2. The first-order valence-electron chi connectivity index (χ1n) is 7.05. The van der Waals surface area contributed by atoms with Gasteiger partial charge >= 0.3 is 0 Å². The van der Waals surface area contributed by atoms with Crippen molar-refractivity contribution in [2.45, 2.75) is 44.0 Å². The second-order valence-electron chi connectivity index (χ2n) is 5.24. The summed E-state index contributed by atoms with van der Waals surface area (Å²) >= 11 is 0. The van der Waals surface area contributed by atoms with E-state index in [1.54, 1.807) is 19.1 Å². The van der Waals surface area contributed by atoms with Gasteiger partial charge in [0.1, 0.15) is 0 Å². The van der Waals surface area contributed by atoms with Crippen molar-refractivity contribution in [1.82, 2.24) is 5.32 Å². The highest BCUT2D eigenvalue weighted by Gasteiger charge is 2.27. The molecule has 0 radical (unpaired) electrons. The largest absolute Gasteiger partial charge is 0.396 e. The first-order valence-corrected chi connectivity index (χ1v) is 8.70. The predicted octanol–water partition coefficient (Wildman–Crippen LogP) is 1.76. The van der Waals surface area contributed by atoms with E-state index in [0.29, 0.717) is 12.8 Å². The van der Waals surface area contributed by atoms with Gasteiger partial charge in [-0.2, -0.15) is 0 Å². The van der Waals surface area contributed by atoms with E-state index in [-0.39, 0.29) is 22.8 Å². The number of sulfone groups is 1. The molecule has 0 saturated carbocycles. The van der Waals surface area contributed by atoms with Gasteiger partial charge in [0.15, 0.2) is 9.84 Å². The summed E-state index contributed by atoms with van der Waals surface area (Å²) < 4.78 is 24.1. The van der Waals surface area contributed by atoms with Crippen LogP contribution in [0.25, 0.3) is 0 Å². The number of carbonyl (C=O) groups is 1. The van der Waals surface area contributed by atoms with Crippen molar-refractivity contribution >= 4 is 15.7 Å². The van der Waals surface area contributed by atoms with Gasteiger partial charge in [0.05, 0.1) is 16.2 Å². The van der Waals surface area contributed by atoms with Crippen molar-refractivity contribution in [3.05, 3.63) is 29.8 Å². The molecule has 2 N–H and O–H groups in total. The number of rotatable bonds is 7. The standard InChI is InChI=1S/C15H23NO4S/c1-4-15(3,10-11-17)16-14(18)12-8-6-7-9-13(12)21(19,20)5-2/h6-9,17H,4-5,10-11H2,1-3H3,(H,16,18). The molecule has 5 nitrogen and oxygen atoms in total. The maximum absolute atomic E-state index is 12.4. The minimum atomic E-state index is -3.46. The number of hydrogen-bond acceptors (Lipinski definition) is 4. The zero-order valence-corrected chi connectivity index (χ0v) is 13.5. The molecule has 0 heterocycles. The van der Waals surface area contributed by atoms with Gasteiger partial charge < -0.3 is 10.4 Å².